The summed E-state index contributed by atoms with van der Waals surface area (Å²) >= 11 is 1.71. The van der Waals surface area contributed by atoms with E-state index in [1.165, 1.54) is 17.0 Å². The minimum absolute atomic E-state index is 0.0981. The molecule has 1 aliphatic rings. The van der Waals surface area contributed by atoms with E-state index >= 15 is 0 Å². The highest BCUT2D eigenvalue weighted by atomic mass is 32.1. The Hall–Kier alpha value is -2.66. The highest BCUT2D eigenvalue weighted by Gasteiger charge is 2.24. The van der Waals surface area contributed by atoms with Crippen LogP contribution in [0.3, 0.4) is 0 Å². The molecule has 0 aliphatic carbocycles. The number of hydrogen-bond donors (Lipinski definition) is 0. The number of rotatable bonds is 4. The van der Waals surface area contributed by atoms with Gasteiger partial charge in [-0.1, -0.05) is 24.3 Å². The minimum atomic E-state index is -0.227. The summed E-state index contributed by atoms with van der Waals surface area (Å²) in [6.07, 6.45) is 0.787. The third-order valence-corrected chi connectivity index (χ3v) is 5.83. The Morgan fingerprint density at radius 3 is 2.37 bits per heavy atom. The van der Waals surface area contributed by atoms with Crippen molar-refractivity contribution in [3.05, 3.63) is 87.9 Å². The molecule has 5 heteroatoms. The van der Waals surface area contributed by atoms with Crippen LogP contribution in [0.25, 0.3) is 0 Å². The van der Waals surface area contributed by atoms with Crippen molar-refractivity contribution in [1.82, 2.24) is 4.90 Å². The molecule has 2 heterocycles. The van der Waals surface area contributed by atoms with Crippen molar-refractivity contribution in [2.75, 3.05) is 31.1 Å². The second-order valence-corrected chi connectivity index (χ2v) is 7.70. The summed E-state index contributed by atoms with van der Waals surface area (Å²) in [4.78, 5) is 18.5. The zero-order valence-electron chi connectivity index (χ0n) is 15.0. The van der Waals surface area contributed by atoms with Crippen LogP contribution >= 0.6 is 11.3 Å². The quantitative estimate of drug-likeness (QED) is 0.668. The van der Waals surface area contributed by atoms with Gasteiger partial charge in [0, 0.05) is 48.7 Å². The van der Waals surface area contributed by atoms with E-state index < -0.39 is 0 Å². The second kappa shape index (κ2) is 7.92. The maximum Gasteiger partial charge on any atom is 0.254 e. The predicted molar refractivity (Wildman–Crippen MR) is 108 cm³/mol. The Morgan fingerprint density at radius 2 is 1.67 bits per heavy atom. The summed E-state index contributed by atoms with van der Waals surface area (Å²) in [6, 6.07) is 18.6. The number of carbonyl (C=O) groups is 1. The molecule has 0 unspecified atom stereocenters. The third-order valence-electron chi connectivity index (χ3n) is 4.95. The van der Waals surface area contributed by atoms with Crippen molar-refractivity contribution >= 4 is 22.9 Å². The smallest absolute Gasteiger partial charge is 0.254 e. The van der Waals surface area contributed by atoms with Gasteiger partial charge in [0.15, 0.2) is 0 Å². The zero-order chi connectivity index (χ0) is 18.6. The molecule has 0 N–H and O–H groups in total. The standard InChI is InChI=1S/C22H21FN2OS/c23-18-7-9-19(10-8-18)24-11-13-25(14-12-24)22(26)21-6-2-1-4-17(21)16-20-5-3-15-27-20/h1-10,15H,11-14,16H2. The summed E-state index contributed by atoms with van der Waals surface area (Å²) < 4.78 is 13.1. The summed E-state index contributed by atoms with van der Waals surface area (Å²) in [5.74, 6) is -0.129. The topological polar surface area (TPSA) is 23.6 Å². The summed E-state index contributed by atoms with van der Waals surface area (Å²) in [5, 5.41) is 2.06. The number of thiophene rings is 1. The van der Waals surface area contributed by atoms with Crippen LogP contribution in [0.2, 0.25) is 0 Å². The molecule has 0 atom stereocenters. The lowest BCUT2D eigenvalue weighted by Crippen LogP contribution is -2.49. The van der Waals surface area contributed by atoms with Crippen LogP contribution in [0.1, 0.15) is 20.8 Å². The third kappa shape index (κ3) is 4.03. The molecular weight excluding hydrogens is 359 g/mol. The van der Waals surface area contributed by atoms with Gasteiger partial charge in [0.2, 0.25) is 0 Å². The van der Waals surface area contributed by atoms with E-state index in [0.717, 1.165) is 36.3 Å². The Morgan fingerprint density at radius 1 is 0.926 bits per heavy atom. The van der Waals surface area contributed by atoms with Crippen molar-refractivity contribution in [2.45, 2.75) is 6.42 Å². The van der Waals surface area contributed by atoms with Gasteiger partial charge < -0.3 is 9.80 Å². The van der Waals surface area contributed by atoms with Crippen LogP contribution in [0.4, 0.5) is 10.1 Å². The van der Waals surface area contributed by atoms with Crippen LogP contribution in [0.5, 0.6) is 0 Å². The molecule has 2 aromatic carbocycles. The molecule has 1 saturated heterocycles. The molecule has 1 fully saturated rings. The van der Waals surface area contributed by atoms with Crippen LogP contribution in [-0.2, 0) is 6.42 Å². The van der Waals surface area contributed by atoms with Gasteiger partial charge in [-0.2, -0.15) is 0 Å². The van der Waals surface area contributed by atoms with E-state index in [4.69, 9.17) is 0 Å². The number of carbonyl (C=O) groups excluding carboxylic acids is 1. The van der Waals surface area contributed by atoms with Gasteiger partial charge in [-0.05, 0) is 47.3 Å². The average Bonchev–Trinajstić information content (AvgIpc) is 3.22. The first-order valence-corrected chi connectivity index (χ1v) is 9.99. The first-order chi connectivity index (χ1) is 13.2. The molecule has 4 rings (SSSR count). The van der Waals surface area contributed by atoms with Crippen molar-refractivity contribution < 1.29 is 9.18 Å². The van der Waals surface area contributed by atoms with E-state index in [2.05, 4.69) is 16.3 Å². The monoisotopic (exact) mass is 380 g/mol. The molecule has 27 heavy (non-hydrogen) atoms. The van der Waals surface area contributed by atoms with Gasteiger partial charge in [-0.3, -0.25) is 4.79 Å². The van der Waals surface area contributed by atoms with Crippen molar-refractivity contribution in [3.8, 4) is 0 Å². The summed E-state index contributed by atoms with van der Waals surface area (Å²) in [5.41, 5.74) is 2.87. The van der Waals surface area contributed by atoms with Crippen molar-refractivity contribution in [1.29, 1.82) is 0 Å². The van der Waals surface area contributed by atoms with E-state index in [0.29, 0.717) is 13.1 Å². The van der Waals surface area contributed by atoms with Crippen molar-refractivity contribution in [3.63, 3.8) is 0 Å². The largest absolute Gasteiger partial charge is 0.368 e. The molecular formula is C22H21FN2OS. The number of nitrogens with zero attached hydrogens (tertiary/aromatic N) is 2. The second-order valence-electron chi connectivity index (χ2n) is 6.67. The van der Waals surface area contributed by atoms with E-state index in [1.807, 2.05) is 35.2 Å². The maximum absolute atomic E-state index is 13.1. The first-order valence-electron chi connectivity index (χ1n) is 9.11. The zero-order valence-corrected chi connectivity index (χ0v) is 15.8. The lowest BCUT2D eigenvalue weighted by atomic mass is 10.0. The van der Waals surface area contributed by atoms with Gasteiger partial charge in [-0.25, -0.2) is 4.39 Å². The van der Waals surface area contributed by atoms with E-state index in [1.54, 1.807) is 23.5 Å². The molecule has 0 saturated carbocycles. The average molecular weight is 380 g/mol. The first kappa shape index (κ1) is 17.7. The Balaban J connectivity index is 1.44. The molecule has 1 aliphatic heterocycles. The van der Waals surface area contributed by atoms with Crippen LogP contribution in [0, 0.1) is 5.82 Å². The molecule has 0 radical (unpaired) electrons. The Bertz CT molecular complexity index is 900. The fourth-order valence-corrected chi connectivity index (χ4v) is 4.20. The van der Waals surface area contributed by atoms with Gasteiger partial charge in [0.25, 0.3) is 5.91 Å². The number of hydrogen-bond acceptors (Lipinski definition) is 3. The molecule has 138 valence electrons. The Labute approximate surface area is 162 Å². The van der Waals surface area contributed by atoms with Crippen molar-refractivity contribution in [2.24, 2.45) is 0 Å². The fraction of sp³-hybridized carbons (Fsp3) is 0.227. The predicted octanol–water partition coefficient (Wildman–Crippen LogP) is 4.44. The normalized spacial score (nSPS) is 14.4. The molecule has 3 aromatic rings. The lowest BCUT2D eigenvalue weighted by Gasteiger charge is -2.36. The number of anilines is 1. The highest BCUT2D eigenvalue weighted by Crippen LogP contribution is 2.21. The van der Waals surface area contributed by atoms with Gasteiger partial charge in [0.05, 0.1) is 0 Å². The van der Waals surface area contributed by atoms with E-state index in [-0.39, 0.29) is 11.7 Å². The molecule has 3 nitrogen and oxygen atoms in total. The minimum Gasteiger partial charge on any atom is -0.368 e. The number of amides is 1. The SMILES string of the molecule is O=C(c1ccccc1Cc1cccs1)N1CCN(c2ccc(F)cc2)CC1. The van der Waals surface area contributed by atoms with E-state index in [9.17, 15) is 9.18 Å². The maximum atomic E-state index is 13.1. The number of benzene rings is 2. The highest BCUT2D eigenvalue weighted by molar-refractivity contribution is 7.09. The van der Waals surface area contributed by atoms with Gasteiger partial charge >= 0.3 is 0 Å². The molecule has 0 spiro atoms. The lowest BCUT2D eigenvalue weighted by molar-refractivity contribution is 0.0746. The summed E-state index contributed by atoms with van der Waals surface area (Å²) in [7, 11) is 0. The molecule has 0 bridgehead atoms. The summed E-state index contributed by atoms with van der Waals surface area (Å²) in [6.45, 7) is 2.85. The fourth-order valence-electron chi connectivity index (χ4n) is 3.47. The molecule has 1 amide bonds. The molecule has 1 aromatic heterocycles. The van der Waals surface area contributed by atoms with Gasteiger partial charge in [-0.15, -0.1) is 11.3 Å². The van der Waals surface area contributed by atoms with Crippen LogP contribution < -0.4 is 4.90 Å². The van der Waals surface area contributed by atoms with Gasteiger partial charge in [0.1, 0.15) is 5.82 Å². The number of piperazine rings is 1. The van der Waals surface area contributed by atoms with Crippen LogP contribution in [-0.4, -0.2) is 37.0 Å². The van der Waals surface area contributed by atoms with Crippen LogP contribution in [0.15, 0.2) is 66.0 Å². The number of halogens is 1. The Kier molecular flexibility index (Phi) is 5.21.